The summed E-state index contributed by atoms with van der Waals surface area (Å²) in [5, 5.41) is 0.647. The topological polar surface area (TPSA) is 59.5 Å². The van der Waals surface area contributed by atoms with E-state index in [1.165, 1.54) is 12.1 Å². The van der Waals surface area contributed by atoms with Gasteiger partial charge in [0.25, 0.3) is 5.91 Å². The molecule has 1 aliphatic heterocycles. The predicted molar refractivity (Wildman–Crippen MR) is 108 cm³/mol. The van der Waals surface area contributed by atoms with Gasteiger partial charge in [0.15, 0.2) is 6.61 Å². The van der Waals surface area contributed by atoms with Crippen LogP contribution in [0, 0.1) is 5.82 Å². The second-order valence-corrected chi connectivity index (χ2v) is 7.10. The number of rotatable bonds is 4. The molecule has 5 nitrogen and oxygen atoms in total. The Morgan fingerprint density at radius 2 is 1.72 bits per heavy atom. The van der Waals surface area contributed by atoms with E-state index in [2.05, 4.69) is 4.98 Å². The van der Waals surface area contributed by atoms with Crippen molar-refractivity contribution in [2.75, 3.05) is 19.7 Å². The quantitative estimate of drug-likeness (QED) is 0.624. The molecule has 2 heterocycles. The number of hydrogen-bond donors (Lipinski definition) is 0. The number of aromatic nitrogens is 1. The molecule has 0 aliphatic carbocycles. The molecule has 1 fully saturated rings. The zero-order valence-electron chi connectivity index (χ0n) is 15.9. The van der Waals surface area contributed by atoms with Crippen molar-refractivity contribution in [2.24, 2.45) is 0 Å². The Morgan fingerprint density at radius 1 is 1.00 bits per heavy atom. The summed E-state index contributed by atoms with van der Waals surface area (Å²) in [5.41, 5.74) is 2.19. The third-order valence-corrected chi connectivity index (χ3v) is 5.11. The molecule has 1 amide bonds. The van der Waals surface area contributed by atoms with Crippen molar-refractivity contribution < 1.29 is 18.7 Å². The minimum Gasteiger partial charge on any atom is -0.452 e. The van der Waals surface area contributed by atoms with Crippen LogP contribution in [-0.4, -0.2) is 41.5 Å². The number of carbonyl (C=O) groups excluding carboxylic acids is 2. The number of esters is 1. The van der Waals surface area contributed by atoms with Gasteiger partial charge in [-0.05, 0) is 55.7 Å². The molecule has 0 spiro atoms. The third-order valence-electron chi connectivity index (χ3n) is 5.11. The number of amides is 1. The van der Waals surface area contributed by atoms with E-state index in [1.807, 2.05) is 12.1 Å². The number of likely N-dealkylation sites (tertiary alicyclic amines) is 1. The third kappa shape index (κ3) is 4.26. The molecule has 0 saturated carbocycles. The van der Waals surface area contributed by atoms with Crippen LogP contribution in [0.3, 0.4) is 0 Å². The minimum absolute atomic E-state index is 0.171. The van der Waals surface area contributed by atoms with Crippen molar-refractivity contribution in [1.29, 1.82) is 0 Å². The van der Waals surface area contributed by atoms with Gasteiger partial charge in [0.1, 0.15) is 5.82 Å². The fraction of sp³-hybridized carbons (Fsp3) is 0.261. The van der Waals surface area contributed by atoms with Crippen molar-refractivity contribution in [3.05, 3.63) is 66.0 Å². The van der Waals surface area contributed by atoms with Gasteiger partial charge in [0, 0.05) is 24.0 Å². The van der Waals surface area contributed by atoms with Crippen molar-refractivity contribution in [3.63, 3.8) is 0 Å². The number of fused-ring (bicyclic) bond motifs is 1. The van der Waals surface area contributed by atoms with E-state index in [9.17, 15) is 14.0 Å². The zero-order chi connectivity index (χ0) is 20.2. The molecule has 2 aromatic carbocycles. The summed E-state index contributed by atoms with van der Waals surface area (Å²) in [7, 11) is 0. The Labute approximate surface area is 168 Å². The molecule has 0 N–H and O–H groups in total. The van der Waals surface area contributed by atoms with Crippen LogP contribution >= 0.6 is 0 Å². The molecule has 0 bridgehead atoms. The SMILES string of the molecule is O=C(OCC(=O)N1CCCCC1)c1cc(-c2ccc(F)cc2)nc2ccccc12. The van der Waals surface area contributed by atoms with Gasteiger partial charge in [0.05, 0.1) is 16.8 Å². The monoisotopic (exact) mass is 392 g/mol. The van der Waals surface area contributed by atoms with Crippen molar-refractivity contribution >= 4 is 22.8 Å². The Kier molecular flexibility index (Phi) is 5.51. The van der Waals surface area contributed by atoms with Crippen LogP contribution in [0.15, 0.2) is 54.6 Å². The summed E-state index contributed by atoms with van der Waals surface area (Å²) in [6, 6.07) is 14.8. The number of para-hydroxylation sites is 1. The number of hydrogen-bond acceptors (Lipinski definition) is 4. The Hall–Kier alpha value is -3.28. The molecule has 0 unspecified atom stereocenters. The first kappa shape index (κ1) is 19.1. The second-order valence-electron chi connectivity index (χ2n) is 7.10. The summed E-state index contributed by atoms with van der Waals surface area (Å²) in [5.74, 6) is -1.09. The first-order valence-corrected chi connectivity index (χ1v) is 9.72. The van der Waals surface area contributed by atoms with Crippen molar-refractivity contribution in [2.45, 2.75) is 19.3 Å². The maximum atomic E-state index is 13.3. The summed E-state index contributed by atoms with van der Waals surface area (Å²) < 4.78 is 18.6. The van der Waals surface area contributed by atoms with Crippen LogP contribution in [0.1, 0.15) is 29.6 Å². The number of ether oxygens (including phenoxy) is 1. The van der Waals surface area contributed by atoms with Crippen molar-refractivity contribution in [3.8, 4) is 11.3 Å². The van der Waals surface area contributed by atoms with Gasteiger partial charge in [-0.25, -0.2) is 14.2 Å². The molecule has 1 aromatic heterocycles. The lowest BCUT2D eigenvalue weighted by molar-refractivity contribution is -0.135. The minimum atomic E-state index is -0.572. The molecule has 0 radical (unpaired) electrons. The zero-order valence-corrected chi connectivity index (χ0v) is 15.9. The average Bonchev–Trinajstić information content (AvgIpc) is 2.77. The molecule has 29 heavy (non-hydrogen) atoms. The van der Waals surface area contributed by atoms with E-state index in [1.54, 1.807) is 35.2 Å². The number of nitrogens with zero attached hydrogens (tertiary/aromatic N) is 2. The number of piperidine rings is 1. The first-order valence-electron chi connectivity index (χ1n) is 9.72. The fourth-order valence-corrected chi connectivity index (χ4v) is 3.55. The Morgan fingerprint density at radius 3 is 2.48 bits per heavy atom. The highest BCUT2D eigenvalue weighted by atomic mass is 19.1. The van der Waals surface area contributed by atoms with E-state index in [0.29, 0.717) is 40.8 Å². The smallest absolute Gasteiger partial charge is 0.339 e. The van der Waals surface area contributed by atoms with Gasteiger partial charge in [-0.2, -0.15) is 0 Å². The van der Waals surface area contributed by atoms with Gasteiger partial charge in [0.2, 0.25) is 0 Å². The highest BCUT2D eigenvalue weighted by Crippen LogP contribution is 2.25. The second kappa shape index (κ2) is 8.39. The van der Waals surface area contributed by atoms with E-state index < -0.39 is 5.97 Å². The van der Waals surface area contributed by atoms with Crippen LogP contribution in [0.4, 0.5) is 4.39 Å². The van der Waals surface area contributed by atoms with Gasteiger partial charge in [-0.3, -0.25) is 4.79 Å². The van der Waals surface area contributed by atoms with Crippen LogP contribution in [-0.2, 0) is 9.53 Å². The Bertz CT molecular complexity index is 1040. The summed E-state index contributed by atoms with van der Waals surface area (Å²) in [6.07, 6.45) is 3.09. The van der Waals surface area contributed by atoms with Crippen LogP contribution < -0.4 is 0 Å². The van der Waals surface area contributed by atoms with E-state index in [4.69, 9.17) is 4.74 Å². The molecular formula is C23H21FN2O3. The molecule has 4 rings (SSSR count). The van der Waals surface area contributed by atoms with Gasteiger partial charge in [-0.1, -0.05) is 18.2 Å². The summed E-state index contributed by atoms with van der Waals surface area (Å²) in [4.78, 5) is 31.4. The van der Waals surface area contributed by atoms with Crippen molar-refractivity contribution in [1.82, 2.24) is 9.88 Å². The Balaban J connectivity index is 1.60. The van der Waals surface area contributed by atoms with Crippen LogP contribution in [0.2, 0.25) is 0 Å². The van der Waals surface area contributed by atoms with E-state index >= 15 is 0 Å². The molecule has 148 valence electrons. The first-order chi connectivity index (χ1) is 14.1. The maximum absolute atomic E-state index is 13.3. The molecule has 6 heteroatoms. The fourth-order valence-electron chi connectivity index (χ4n) is 3.55. The number of pyridine rings is 1. The number of carbonyl (C=O) groups is 2. The highest BCUT2D eigenvalue weighted by Gasteiger charge is 2.20. The lowest BCUT2D eigenvalue weighted by Crippen LogP contribution is -2.38. The van der Waals surface area contributed by atoms with E-state index in [-0.39, 0.29) is 18.3 Å². The molecule has 3 aromatic rings. The molecule has 0 atom stereocenters. The standard InChI is InChI=1S/C23H21FN2O3/c24-17-10-8-16(9-11-17)21-14-19(18-6-2-3-7-20(18)25-21)23(28)29-15-22(27)26-12-4-1-5-13-26/h2-3,6-11,14H,1,4-5,12-13,15H2. The average molecular weight is 392 g/mol. The number of benzene rings is 2. The predicted octanol–water partition coefficient (Wildman–Crippen LogP) is 4.21. The van der Waals surface area contributed by atoms with Gasteiger partial charge >= 0.3 is 5.97 Å². The molecule has 1 aliphatic rings. The summed E-state index contributed by atoms with van der Waals surface area (Å²) in [6.45, 7) is 1.15. The lowest BCUT2D eigenvalue weighted by atomic mass is 10.0. The van der Waals surface area contributed by atoms with Gasteiger partial charge in [-0.15, -0.1) is 0 Å². The summed E-state index contributed by atoms with van der Waals surface area (Å²) >= 11 is 0. The lowest BCUT2D eigenvalue weighted by Gasteiger charge is -2.26. The van der Waals surface area contributed by atoms with Crippen LogP contribution in [0.5, 0.6) is 0 Å². The molecule has 1 saturated heterocycles. The van der Waals surface area contributed by atoms with E-state index in [0.717, 1.165) is 19.3 Å². The van der Waals surface area contributed by atoms with Gasteiger partial charge < -0.3 is 9.64 Å². The number of halogens is 1. The maximum Gasteiger partial charge on any atom is 0.339 e. The van der Waals surface area contributed by atoms with Crippen LogP contribution in [0.25, 0.3) is 22.2 Å². The molecular weight excluding hydrogens is 371 g/mol. The largest absolute Gasteiger partial charge is 0.452 e. The normalized spacial score (nSPS) is 14.0. The highest BCUT2D eigenvalue weighted by molar-refractivity contribution is 6.05.